The number of nitrogens with zero attached hydrogens (tertiary/aromatic N) is 8. The SMILES string of the molecule is CCCC1C/C=C/CC/C=C/C(=N/OCC(=O)N2CCCCC2)Cc2c(Cl)c(O)cc(O)c2C(=O)O1.CCCC1C/C=C/CC/C=C/C(=N/OCC(=O)N2CCCCC2)Cc2cc(O)cc(O)c2C(=O)O1.CCCC1C/C=C/CC/C=C/C(=N\OCC(=O)N2CCCCC2)Cc2c(Cl)c(O)cc(O)c2C(=O)O1.CCCC1C/C=C/CC/C=C/C(=N\OCC(=O)N2CCCCC2)Cc2cc(O)cc(O)c2C(=O)O1. The first-order chi connectivity index (χ1) is 68.7. The second-order valence-electron chi connectivity index (χ2n) is 36.1. The van der Waals surface area contributed by atoms with E-state index in [-0.39, 0.29) is 178 Å². The fourth-order valence-electron chi connectivity index (χ4n) is 17.2. The molecule has 4 atom stereocenters. The minimum Gasteiger partial charge on any atom is -0.508 e. The van der Waals surface area contributed by atoms with Crippen molar-refractivity contribution in [2.24, 2.45) is 20.6 Å². The Morgan fingerprint density at radius 1 is 0.310 bits per heavy atom. The van der Waals surface area contributed by atoms with Gasteiger partial charge in [-0.15, -0.1) is 0 Å². The van der Waals surface area contributed by atoms with Crippen LogP contribution < -0.4 is 0 Å². The largest absolute Gasteiger partial charge is 0.508 e. The summed E-state index contributed by atoms with van der Waals surface area (Å²) in [7, 11) is 0. The molecule has 0 aliphatic carbocycles. The molecule has 772 valence electrons. The first-order valence-electron chi connectivity index (χ1n) is 50.3. The number of esters is 4. The van der Waals surface area contributed by atoms with E-state index in [0.717, 1.165) is 231 Å². The average molecular weight is 2010 g/mol. The number of phenols is 8. The van der Waals surface area contributed by atoms with Gasteiger partial charge in [0.2, 0.25) is 0 Å². The van der Waals surface area contributed by atoms with E-state index >= 15 is 0 Å². The molecular formula is C108H142Cl2N8O24. The van der Waals surface area contributed by atoms with Gasteiger partial charge in [0.15, 0.2) is 26.4 Å². The number of likely N-dealkylation sites (tertiary alicyclic amines) is 4. The number of fused-ring (bicyclic) bond motifs is 4. The molecule has 4 amide bonds. The Hall–Kier alpha value is -12.6. The van der Waals surface area contributed by atoms with Crippen LogP contribution in [0.15, 0.2) is 154 Å². The first kappa shape index (κ1) is 113. The molecule has 0 bridgehead atoms. The van der Waals surface area contributed by atoms with Crippen LogP contribution in [0.25, 0.3) is 0 Å². The average Bonchev–Trinajstić information content (AvgIpc) is 0.793. The van der Waals surface area contributed by atoms with E-state index in [4.69, 9.17) is 61.5 Å². The van der Waals surface area contributed by atoms with Crippen LogP contribution in [-0.2, 0) is 83.2 Å². The summed E-state index contributed by atoms with van der Waals surface area (Å²) in [6, 6.07) is 7.14. The van der Waals surface area contributed by atoms with Crippen LogP contribution in [0.1, 0.15) is 297 Å². The molecule has 4 saturated heterocycles. The van der Waals surface area contributed by atoms with Crippen LogP contribution in [0.2, 0.25) is 10.0 Å². The van der Waals surface area contributed by atoms with Gasteiger partial charge in [-0.2, -0.15) is 0 Å². The van der Waals surface area contributed by atoms with Gasteiger partial charge in [-0.05, 0) is 213 Å². The number of hydrogen-bond acceptors (Lipinski definition) is 28. The van der Waals surface area contributed by atoms with Gasteiger partial charge in [-0.25, -0.2) is 19.2 Å². The third-order valence-corrected chi connectivity index (χ3v) is 25.5. The Balaban J connectivity index is 0.000000211. The van der Waals surface area contributed by atoms with Crippen molar-refractivity contribution in [2.75, 3.05) is 78.8 Å². The molecule has 0 aromatic heterocycles. The molecule has 142 heavy (non-hydrogen) atoms. The summed E-state index contributed by atoms with van der Waals surface area (Å²) >= 11 is 12.8. The molecule has 0 radical (unpaired) electrons. The molecule has 8 aliphatic heterocycles. The second-order valence-corrected chi connectivity index (χ2v) is 36.8. The fourth-order valence-corrected chi connectivity index (χ4v) is 17.7. The number of halogens is 2. The van der Waals surface area contributed by atoms with Crippen LogP contribution in [0.5, 0.6) is 46.0 Å². The molecule has 0 saturated carbocycles. The summed E-state index contributed by atoms with van der Waals surface area (Å²) in [5, 5.41) is 99.2. The van der Waals surface area contributed by atoms with E-state index in [2.05, 4.69) is 32.8 Å². The second kappa shape index (κ2) is 62.0. The van der Waals surface area contributed by atoms with Crippen molar-refractivity contribution in [1.82, 2.24) is 19.6 Å². The van der Waals surface area contributed by atoms with Crippen LogP contribution in [0.3, 0.4) is 0 Å². The summed E-state index contributed by atoms with van der Waals surface area (Å²) < 4.78 is 22.9. The zero-order valence-electron chi connectivity index (χ0n) is 82.4. The molecule has 4 fully saturated rings. The van der Waals surface area contributed by atoms with E-state index in [9.17, 15) is 79.2 Å². The number of amides is 4. The Bertz CT molecular complexity index is 4910. The summed E-state index contributed by atoms with van der Waals surface area (Å²) in [5.74, 6) is -5.86. The lowest BCUT2D eigenvalue weighted by atomic mass is 9.99. The molecule has 32 nitrogen and oxygen atoms in total. The van der Waals surface area contributed by atoms with Gasteiger partial charge < -0.3 is 98.7 Å². The van der Waals surface area contributed by atoms with Gasteiger partial charge in [0.05, 0.1) is 32.9 Å². The summed E-state index contributed by atoms with van der Waals surface area (Å²) in [4.78, 5) is 131. The van der Waals surface area contributed by atoms with Crippen molar-refractivity contribution in [3.8, 4) is 46.0 Å². The highest BCUT2D eigenvalue weighted by Gasteiger charge is 2.33. The highest BCUT2D eigenvalue weighted by molar-refractivity contribution is 6.34. The fraction of sp³-hybridized carbons (Fsp3) is 0.519. The Morgan fingerprint density at radius 3 is 0.796 bits per heavy atom. The number of cyclic esters (lactones) is 4. The molecular weight excluding hydrogens is 1860 g/mol. The highest BCUT2D eigenvalue weighted by Crippen LogP contribution is 2.41. The lowest BCUT2D eigenvalue weighted by Gasteiger charge is -2.26. The maximum atomic E-state index is 13.1. The maximum absolute atomic E-state index is 13.1. The number of benzene rings is 4. The van der Waals surface area contributed by atoms with E-state index in [1.807, 2.05) is 88.5 Å². The number of oxime groups is 4. The number of aromatic hydroxyl groups is 8. The molecule has 8 heterocycles. The number of hydrogen-bond donors (Lipinski definition) is 8. The minimum absolute atomic E-state index is 0.00423. The predicted octanol–water partition coefficient (Wildman–Crippen LogP) is 19.9. The van der Waals surface area contributed by atoms with Crippen molar-refractivity contribution in [1.29, 1.82) is 0 Å². The molecule has 0 spiro atoms. The maximum Gasteiger partial charge on any atom is 0.342 e. The number of carbonyl (C=O) groups is 8. The summed E-state index contributed by atoms with van der Waals surface area (Å²) in [5.41, 5.74) is 2.52. The zero-order valence-corrected chi connectivity index (χ0v) is 83.9. The van der Waals surface area contributed by atoms with Crippen molar-refractivity contribution in [3.05, 3.63) is 188 Å². The van der Waals surface area contributed by atoms with Gasteiger partial charge >= 0.3 is 23.9 Å². The topological polar surface area (TPSA) is 435 Å². The quantitative estimate of drug-likeness (QED) is 0.0176. The Kier molecular flexibility index (Phi) is 49.3. The molecule has 8 aliphatic rings. The number of rotatable bonds is 20. The van der Waals surface area contributed by atoms with Gasteiger partial charge in [-0.3, -0.25) is 19.2 Å². The van der Waals surface area contributed by atoms with Crippen LogP contribution in [-0.4, -0.2) is 234 Å². The number of carbonyl (C=O) groups excluding carboxylic acids is 8. The lowest BCUT2D eigenvalue weighted by Crippen LogP contribution is -2.37. The number of phenolic OH excluding ortho intramolecular Hbond substituents is 8. The number of ether oxygens (including phenoxy) is 4. The number of piperidine rings is 4. The molecule has 12 rings (SSSR count). The van der Waals surface area contributed by atoms with E-state index in [0.29, 0.717) is 85.3 Å². The monoisotopic (exact) mass is 2000 g/mol. The van der Waals surface area contributed by atoms with Gasteiger partial charge in [0.25, 0.3) is 23.6 Å². The normalized spacial score (nSPS) is 22.4. The molecule has 4 unspecified atom stereocenters. The standard InChI is InChI=1S/2C27H35ClN2O6.2C27H36N2O6/c2*1-2-11-20-13-8-5-3-4-7-12-19(29-35-18-24(33)30-14-9-6-10-15-30)16-21-25(27(34)36-20)22(31)17-23(32)26(21)28;2*1-2-11-23-13-8-5-3-4-7-12-21(28-34-19-25(32)29-14-9-6-10-15-29)16-20-17-22(30)18-24(31)26(20)27(33)35-23/h2*5,7-8,12,17,20,31-32H,2-4,6,9-11,13-16,18H2,1H3;2*5,7-8,12,17-18,23,30-31H,2-4,6,9-11,13-16,19H2,1H3/b8-5+,12-7+,29-19+;8-5+,12-7+,29-19-;8-5+,12-7+,28-21+;8-5+,12-7+,28-21-. The third-order valence-electron chi connectivity index (χ3n) is 24.6. The molecule has 4 aromatic rings. The van der Waals surface area contributed by atoms with Crippen molar-refractivity contribution in [3.63, 3.8) is 0 Å². The minimum atomic E-state index is -0.724. The highest BCUT2D eigenvalue weighted by atomic mass is 35.5. The lowest BCUT2D eigenvalue weighted by molar-refractivity contribution is -0.137. The molecule has 4 aromatic carbocycles. The van der Waals surface area contributed by atoms with E-state index < -0.39 is 35.4 Å². The van der Waals surface area contributed by atoms with Crippen molar-refractivity contribution >= 4 is 93.6 Å². The first-order valence-corrected chi connectivity index (χ1v) is 51.0. The molecule has 34 heteroatoms. The van der Waals surface area contributed by atoms with Gasteiger partial charge in [-0.1, -0.05) is 170 Å². The van der Waals surface area contributed by atoms with Gasteiger partial charge in [0.1, 0.15) is 92.7 Å². The van der Waals surface area contributed by atoms with E-state index in [1.54, 1.807) is 43.9 Å². The van der Waals surface area contributed by atoms with Crippen molar-refractivity contribution < 1.29 is 118 Å². The summed E-state index contributed by atoms with van der Waals surface area (Å²) in [6.45, 7) is 13.1. The zero-order chi connectivity index (χ0) is 102. The van der Waals surface area contributed by atoms with Gasteiger partial charge in [0, 0.05) is 128 Å². The van der Waals surface area contributed by atoms with Crippen LogP contribution >= 0.6 is 23.2 Å². The van der Waals surface area contributed by atoms with Crippen LogP contribution in [0.4, 0.5) is 0 Å². The predicted molar refractivity (Wildman–Crippen MR) is 544 cm³/mol. The molecule has 8 N–H and O–H groups in total. The smallest absolute Gasteiger partial charge is 0.342 e. The van der Waals surface area contributed by atoms with E-state index in [1.165, 1.54) is 12.1 Å². The Labute approximate surface area is 842 Å². The van der Waals surface area contributed by atoms with Crippen molar-refractivity contribution in [2.45, 2.75) is 283 Å². The third kappa shape index (κ3) is 38.0. The summed E-state index contributed by atoms with van der Waals surface area (Å²) in [6.07, 6.45) is 56.9. The number of allylic oxidation sites excluding steroid dienone is 12. The Morgan fingerprint density at radius 2 is 0.542 bits per heavy atom. The van der Waals surface area contributed by atoms with Crippen LogP contribution in [0, 0.1) is 0 Å².